The average Bonchev–Trinajstić information content (AvgIpc) is 2.98. The van der Waals surface area contributed by atoms with Crippen LogP contribution in [0.15, 0.2) is 35.1 Å². The molecule has 0 bridgehead atoms. The predicted octanol–water partition coefficient (Wildman–Crippen LogP) is 3.65. The van der Waals surface area contributed by atoms with Crippen LogP contribution in [-0.4, -0.2) is 15.4 Å². The number of hydrogen-bond donors (Lipinski definition) is 0. The minimum absolute atomic E-state index is 0.0420. The minimum atomic E-state index is -0.491. The van der Waals surface area contributed by atoms with Crippen molar-refractivity contribution in [2.24, 2.45) is 0 Å². The number of hydrogen-bond acceptors (Lipinski definition) is 5. The van der Waals surface area contributed by atoms with Gasteiger partial charge in [-0.1, -0.05) is 17.7 Å². The Bertz CT molecular complexity index is 1020. The zero-order chi connectivity index (χ0) is 17.4. The Morgan fingerprint density at radius 2 is 2.12 bits per heavy atom. The van der Waals surface area contributed by atoms with Crippen molar-refractivity contribution in [3.8, 4) is 0 Å². The van der Waals surface area contributed by atoms with Gasteiger partial charge in [-0.15, -0.1) is 11.3 Å². The zero-order valence-electron chi connectivity index (χ0n) is 13.3. The molecular weight excluding hydrogens is 360 g/mol. The fourth-order valence-electron chi connectivity index (χ4n) is 3.05. The van der Waals surface area contributed by atoms with Gasteiger partial charge in [-0.05, 0) is 43.9 Å². The zero-order valence-corrected chi connectivity index (χ0v) is 14.9. The van der Waals surface area contributed by atoms with Crippen molar-refractivity contribution < 1.29 is 9.53 Å². The number of rotatable bonds is 3. The number of aryl methyl sites for hydroxylation is 2. The SMILES string of the molecule is O=C(OCc1cc(=O)n2c3c(sc2n1)CCCC3)c1cccc(Cl)c1. The smallest absolute Gasteiger partial charge is 0.338 e. The van der Waals surface area contributed by atoms with Gasteiger partial charge in [-0.3, -0.25) is 9.20 Å². The summed E-state index contributed by atoms with van der Waals surface area (Å²) in [5.74, 6) is -0.491. The highest BCUT2D eigenvalue weighted by molar-refractivity contribution is 7.17. The highest BCUT2D eigenvalue weighted by Gasteiger charge is 2.18. The van der Waals surface area contributed by atoms with Gasteiger partial charge in [0.25, 0.3) is 5.56 Å². The van der Waals surface area contributed by atoms with Crippen LogP contribution < -0.4 is 5.56 Å². The van der Waals surface area contributed by atoms with E-state index in [1.54, 1.807) is 40.0 Å². The maximum absolute atomic E-state index is 12.5. The standard InChI is InChI=1S/C18H15ClN2O3S/c19-12-5-3-4-11(8-12)17(23)24-10-13-9-16(22)21-14-6-1-2-7-15(14)25-18(21)20-13/h3-5,8-9H,1-2,6-7,10H2. The van der Waals surface area contributed by atoms with Gasteiger partial charge in [-0.25, -0.2) is 9.78 Å². The highest BCUT2D eigenvalue weighted by Crippen LogP contribution is 2.28. The van der Waals surface area contributed by atoms with Crippen molar-refractivity contribution in [3.63, 3.8) is 0 Å². The largest absolute Gasteiger partial charge is 0.456 e. The lowest BCUT2D eigenvalue weighted by Crippen LogP contribution is -2.18. The van der Waals surface area contributed by atoms with Gasteiger partial charge in [0.1, 0.15) is 6.61 Å². The second kappa shape index (κ2) is 6.61. The molecule has 0 radical (unpaired) electrons. The van der Waals surface area contributed by atoms with Crippen LogP contribution in [0, 0.1) is 0 Å². The lowest BCUT2D eigenvalue weighted by molar-refractivity contribution is 0.0468. The van der Waals surface area contributed by atoms with Gasteiger partial charge in [0.05, 0.1) is 11.3 Å². The lowest BCUT2D eigenvalue weighted by Gasteiger charge is -2.10. The van der Waals surface area contributed by atoms with Crippen LogP contribution in [0.1, 0.15) is 39.5 Å². The molecule has 2 aromatic heterocycles. The van der Waals surface area contributed by atoms with Gasteiger partial charge >= 0.3 is 5.97 Å². The number of esters is 1. The number of benzene rings is 1. The molecule has 1 aliphatic rings. The summed E-state index contributed by atoms with van der Waals surface area (Å²) in [5, 5.41) is 0.469. The third-order valence-corrected chi connectivity index (χ3v) is 5.60. The van der Waals surface area contributed by atoms with Crippen LogP contribution in [0.25, 0.3) is 4.96 Å². The average molecular weight is 375 g/mol. The lowest BCUT2D eigenvalue weighted by atomic mass is 10.0. The third kappa shape index (κ3) is 3.19. The molecule has 0 amide bonds. The van der Waals surface area contributed by atoms with Crippen LogP contribution in [0.2, 0.25) is 5.02 Å². The van der Waals surface area contributed by atoms with E-state index in [0.29, 0.717) is 21.2 Å². The van der Waals surface area contributed by atoms with Crippen molar-refractivity contribution in [2.75, 3.05) is 0 Å². The fraction of sp³-hybridized carbons (Fsp3) is 0.278. The Labute approximate surface area is 152 Å². The van der Waals surface area contributed by atoms with E-state index >= 15 is 0 Å². The molecule has 3 aromatic rings. The molecule has 25 heavy (non-hydrogen) atoms. The second-order valence-corrected chi connectivity index (χ2v) is 7.47. The summed E-state index contributed by atoms with van der Waals surface area (Å²) in [6.07, 6.45) is 4.17. The Morgan fingerprint density at radius 1 is 1.28 bits per heavy atom. The molecule has 1 aromatic carbocycles. The van der Waals surface area contributed by atoms with E-state index < -0.39 is 5.97 Å². The Balaban J connectivity index is 1.58. The normalized spacial score (nSPS) is 13.6. The van der Waals surface area contributed by atoms with E-state index in [1.165, 1.54) is 10.9 Å². The molecule has 0 aliphatic heterocycles. The van der Waals surface area contributed by atoms with Gasteiger partial charge in [0, 0.05) is 21.7 Å². The summed E-state index contributed by atoms with van der Waals surface area (Å²) in [5.41, 5.74) is 1.81. The summed E-state index contributed by atoms with van der Waals surface area (Å²) < 4.78 is 6.97. The van der Waals surface area contributed by atoms with Gasteiger partial charge in [0.15, 0.2) is 4.96 Å². The minimum Gasteiger partial charge on any atom is -0.456 e. The predicted molar refractivity (Wildman–Crippen MR) is 96.6 cm³/mol. The van der Waals surface area contributed by atoms with E-state index in [4.69, 9.17) is 16.3 Å². The van der Waals surface area contributed by atoms with Gasteiger partial charge < -0.3 is 4.74 Å². The van der Waals surface area contributed by atoms with Crippen LogP contribution in [0.5, 0.6) is 0 Å². The second-order valence-electron chi connectivity index (χ2n) is 5.97. The van der Waals surface area contributed by atoms with Gasteiger partial charge in [-0.2, -0.15) is 0 Å². The van der Waals surface area contributed by atoms with Crippen LogP contribution in [-0.2, 0) is 24.2 Å². The monoisotopic (exact) mass is 374 g/mol. The van der Waals surface area contributed by atoms with Crippen LogP contribution in [0.3, 0.4) is 0 Å². The number of carbonyl (C=O) groups is 1. The van der Waals surface area contributed by atoms with Crippen LogP contribution in [0.4, 0.5) is 0 Å². The van der Waals surface area contributed by atoms with Crippen molar-refractivity contribution >= 4 is 33.9 Å². The summed E-state index contributed by atoms with van der Waals surface area (Å²) in [4.78, 5) is 31.0. The van der Waals surface area contributed by atoms with E-state index in [0.717, 1.165) is 31.4 Å². The Hall–Kier alpha value is -2.18. The first-order valence-electron chi connectivity index (χ1n) is 8.08. The molecule has 0 saturated heterocycles. The van der Waals surface area contributed by atoms with E-state index in [1.807, 2.05) is 0 Å². The molecule has 128 valence electrons. The molecular formula is C18H15ClN2O3S. The number of halogens is 1. The molecule has 1 aliphatic carbocycles. The summed E-state index contributed by atoms with van der Waals surface area (Å²) >= 11 is 7.43. The first-order valence-corrected chi connectivity index (χ1v) is 9.27. The van der Waals surface area contributed by atoms with Gasteiger partial charge in [0.2, 0.25) is 0 Å². The van der Waals surface area contributed by atoms with E-state index in [-0.39, 0.29) is 12.2 Å². The molecule has 7 heteroatoms. The molecule has 0 fully saturated rings. The molecule has 0 saturated carbocycles. The number of nitrogens with zero attached hydrogens (tertiary/aromatic N) is 2. The topological polar surface area (TPSA) is 60.7 Å². The number of fused-ring (bicyclic) bond motifs is 3. The molecule has 0 spiro atoms. The number of ether oxygens (including phenoxy) is 1. The summed E-state index contributed by atoms with van der Waals surface area (Å²) in [6, 6.07) is 7.99. The third-order valence-electron chi connectivity index (χ3n) is 4.23. The summed E-state index contributed by atoms with van der Waals surface area (Å²) in [6.45, 7) is -0.0420. The summed E-state index contributed by atoms with van der Waals surface area (Å²) in [7, 11) is 0. The molecule has 2 heterocycles. The molecule has 4 rings (SSSR count). The quantitative estimate of drug-likeness (QED) is 0.656. The van der Waals surface area contributed by atoms with E-state index in [2.05, 4.69) is 4.98 Å². The maximum Gasteiger partial charge on any atom is 0.338 e. The molecule has 0 N–H and O–H groups in total. The van der Waals surface area contributed by atoms with Crippen molar-refractivity contribution in [1.29, 1.82) is 0 Å². The molecule has 0 atom stereocenters. The first-order chi connectivity index (χ1) is 12.1. The van der Waals surface area contributed by atoms with E-state index in [9.17, 15) is 9.59 Å². The Kier molecular flexibility index (Phi) is 4.31. The maximum atomic E-state index is 12.5. The number of thiazole rings is 1. The number of aromatic nitrogens is 2. The van der Waals surface area contributed by atoms with Crippen LogP contribution >= 0.6 is 22.9 Å². The molecule has 5 nitrogen and oxygen atoms in total. The highest BCUT2D eigenvalue weighted by atomic mass is 35.5. The first kappa shape index (κ1) is 16.3. The van der Waals surface area contributed by atoms with Crippen molar-refractivity contribution in [2.45, 2.75) is 32.3 Å². The Morgan fingerprint density at radius 3 is 2.96 bits per heavy atom. The number of carbonyl (C=O) groups excluding carboxylic acids is 1. The van der Waals surface area contributed by atoms with Crippen molar-refractivity contribution in [1.82, 2.24) is 9.38 Å². The van der Waals surface area contributed by atoms with Crippen molar-refractivity contribution in [3.05, 3.63) is 67.5 Å². The fourth-order valence-corrected chi connectivity index (χ4v) is 4.48. The molecule has 0 unspecified atom stereocenters.